The van der Waals surface area contributed by atoms with Gasteiger partial charge in [-0.3, -0.25) is 9.78 Å². The van der Waals surface area contributed by atoms with Crippen LogP contribution in [0.1, 0.15) is 29.1 Å². The first-order chi connectivity index (χ1) is 9.74. The Bertz CT molecular complexity index is 701. The number of pyridine rings is 1. The summed E-state index contributed by atoms with van der Waals surface area (Å²) in [5.74, 6) is 0.0424. The summed E-state index contributed by atoms with van der Waals surface area (Å²) in [6.45, 7) is 1.94. The SMILES string of the molecule is CC(NC(=O)c1cc2ncccc2o1)c1ccccc1. The van der Waals surface area contributed by atoms with Crippen molar-refractivity contribution in [3.05, 3.63) is 66.1 Å². The van der Waals surface area contributed by atoms with Crippen molar-refractivity contribution in [1.82, 2.24) is 10.3 Å². The number of nitrogens with one attached hydrogen (secondary N) is 1. The fraction of sp³-hybridized carbons (Fsp3) is 0.125. The fourth-order valence-corrected chi connectivity index (χ4v) is 2.07. The zero-order valence-electron chi connectivity index (χ0n) is 11.0. The summed E-state index contributed by atoms with van der Waals surface area (Å²) in [7, 11) is 0. The average molecular weight is 266 g/mol. The van der Waals surface area contributed by atoms with Gasteiger partial charge in [0, 0.05) is 12.3 Å². The van der Waals surface area contributed by atoms with E-state index in [9.17, 15) is 4.79 Å². The highest BCUT2D eigenvalue weighted by Crippen LogP contribution is 2.18. The van der Waals surface area contributed by atoms with Crippen LogP contribution >= 0.6 is 0 Å². The smallest absolute Gasteiger partial charge is 0.287 e. The van der Waals surface area contributed by atoms with Crippen LogP contribution in [0.2, 0.25) is 0 Å². The van der Waals surface area contributed by atoms with Gasteiger partial charge in [0.05, 0.1) is 6.04 Å². The van der Waals surface area contributed by atoms with E-state index in [0.29, 0.717) is 11.1 Å². The number of benzene rings is 1. The van der Waals surface area contributed by atoms with E-state index in [1.54, 1.807) is 24.4 Å². The van der Waals surface area contributed by atoms with Gasteiger partial charge in [-0.15, -0.1) is 0 Å². The van der Waals surface area contributed by atoms with Gasteiger partial charge in [-0.1, -0.05) is 30.3 Å². The summed E-state index contributed by atoms with van der Waals surface area (Å²) < 4.78 is 5.49. The number of carbonyl (C=O) groups excluding carboxylic acids is 1. The Morgan fingerprint density at radius 3 is 2.75 bits per heavy atom. The lowest BCUT2D eigenvalue weighted by molar-refractivity contribution is 0.0914. The van der Waals surface area contributed by atoms with Crippen LogP contribution in [-0.2, 0) is 0 Å². The summed E-state index contributed by atoms with van der Waals surface area (Å²) in [4.78, 5) is 16.3. The van der Waals surface area contributed by atoms with Crippen molar-refractivity contribution in [1.29, 1.82) is 0 Å². The van der Waals surface area contributed by atoms with Crippen LogP contribution in [0.3, 0.4) is 0 Å². The van der Waals surface area contributed by atoms with Gasteiger partial charge in [0.2, 0.25) is 0 Å². The normalized spacial score (nSPS) is 12.2. The Kier molecular flexibility index (Phi) is 3.21. The summed E-state index contributed by atoms with van der Waals surface area (Å²) in [6.07, 6.45) is 1.67. The predicted octanol–water partition coefficient (Wildman–Crippen LogP) is 3.32. The third-order valence-electron chi connectivity index (χ3n) is 3.16. The van der Waals surface area contributed by atoms with Gasteiger partial charge in [0.1, 0.15) is 5.52 Å². The minimum absolute atomic E-state index is 0.0788. The largest absolute Gasteiger partial charge is 0.449 e. The number of amides is 1. The van der Waals surface area contributed by atoms with E-state index in [1.165, 1.54) is 0 Å². The molecule has 1 atom stereocenters. The van der Waals surface area contributed by atoms with Gasteiger partial charge in [-0.05, 0) is 24.6 Å². The number of nitrogens with zero attached hydrogens (tertiary/aromatic N) is 1. The van der Waals surface area contributed by atoms with Crippen LogP contribution in [0.15, 0.2) is 59.1 Å². The van der Waals surface area contributed by atoms with Crippen molar-refractivity contribution in [3.63, 3.8) is 0 Å². The topological polar surface area (TPSA) is 55.1 Å². The van der Waals surface area contributed by atoms with Crippen LogP contribution < -0.4 is 5.32 Å². The Labute approximate surface area is 116 Å². The summed E-state index contributed by atoms with van der Waals surface area (Å²) >= 11 is 0. The molecule has 100 valence electrons. The molecule has 1 N–H and O–H groups in total. The van der Waals surface area contributed by atoms with Crippen molar-refractivity contribution in [2.24, 2.45) is 0 Å². The van der Waals surface area contributed by atoms with E-state index < -0.39 is 0 Å². The van der Waals surface area contributed by atoms with Gasteiger partial charge in [-0.2, -0.15) is 0 Å². The monoisotopic (exact) mass is 266 g/mol. The van der Waals surface area contributed by atoms with Crippen molar-refractivity contribution in [2.45, 2.75) is 13.0 Å². The first-order valence-electron chi connectivity index (χ1n) is 6.44. The Morgan fingerprint density at radius 2 is 2.00 bits per heavy atom. The number of hydrogen-bond acceptors (Lipinski definition) is 3. The molecule has 0 aliphatic heterocycles. The Morgan fingerprint density at radius 1 is 1.20 bits per heavy atom. The zero-order valence-corrected chi connectivity index (χ0v) is 11.0. The third-order valence-corrected chi connectivity index (χ3v) is 3.16. The molecule has 3 rings (SSSR count). The number of hydrogen-bond donors (Lipinski definition) is 1. The molecule has 0 aliphatic rings. The molecule has 0 radical (unpaired) electrons. The van der Waals surface area contributed by atoms with Gasteiger partial charge in [-0.25, -0.2) is 0 Å². The van der Waals surface area contributed by atoms with E-state index in [4.69, 9.17) is 4.42 Å². The standard InChI is InChI=1S/C16H14N2O2/c1-11(12-6-3-2-4-7-12)18-16(19)15-10-13-14(20-15)8-5-9-17-13/h2-11H,1H3,(H,18,19). The number of carbonyl (C=O) groups is 1. The molecule has 1 amide bonds. The second-order valence-electron chi connectivity index (χ2n) is 4.60. The highest BCUT2D eigenvalue weighted by atomic mass is 16.3. The number of rotatable bonds is 3. The van der Waals surface area contributed by atoms with E-state index in [-0.39, 0.29) is 17.7 Å². The van der Waals surface area contributed by atoms with E-state index >= 15 is 0 Å². The summed E-state index contributed by atoms with van der Waals surface area (Å²) in [5, 5.41) is 2.91. The molecule has 4 heteroatoms. The predicted molar refractivity (Wildman–Crippen MR) is 76.3 cm³/mol. The second kappa shape index (κ2) is 5.17. The van der Waals surface area contributed by atoms with Gasteiger partial charge in [0.15, 0.2) is 11.3 Å². The van der Waals surface area contributed by atoms with Crippen LogP contribution in [0.4, 0.5) is 0 Å². The van der Waals surface area contributed by atoms with Gasteiger partial charge >= 0.3 is 0 Å². The van der Waals surface area contributed by atoms with Crippen LogP contribution in [0.5, 0.6) is 0 Å². The quantitative estimate of drug-likeness (QED) is 0.791. The molecule has 3 aromatic rings. The molecule has 0 fully saturated rings. The first kappa shape index (κ1) is 12.4. The minimum Gasteiger partial charge on any atom is -0.449 e. The molecule has 0 bridgehead atoms. The lowest BCUT2D eigenvalue weighted by Crippen LogP contribution is -2.26. The van der Waals surface area contributed by atoms with Crippen molar-refractivity contribution < 1.29 is 9.21 Å². The molecule has 0 aliphatic carbocycles. The van der Waals surface area contributed by atoms with E-state index in [0.717, 1.165) is 5.56 Å². The van der Waals surface area contributed by atoms with Crippen molar-refractivity contribution >= 4 is 17.0 Å². The minimum atomic E-state index is -0.237. The maximum Gasteiger partial charge on any atom is 0.287 e. The second-order valence-corrected chi connectivity index (χ2v) is 4.60. The Hall–Kier alpha value is -2.62. The number of furan rings is 1. The molecule has 1 unspecified atom stereocenters. The maximum absolute atomic E-state index is 12.2. The highest BCUT2D eigenvalue weighted by molar-refractivity contribution is 5.95. The molecule has 0 saturated carbocycles. The third kappa shape index (κ3) is 2.40. The molecule has 2 heterocycles. The number of aromatic nitrogens is 1. The lowest BCUT2D eigenvalue weighted by Gasteiger charge is -2.12. The lowest BCUT2D eigenvalue weighted by atomic mass is 10.1. The molecule has 4 nitrogen and oxygen atoms in total. The first-order valence-corrected chi connectivity index (χ1v) is 6.44. The van der Waals surface area contributed by atoms with Crippen LogP contribution in [0.25, 0.3) is 11.1 Å². The van der Waals surface area contributed by atoms with Crippen molar-refractivity contribution in [3.8, 4) is 0 Å². The molecule has 0 spiro atoms. The van der Waals surface area contributed by atoms with Gasteiger partial charge < -0.3 is 9.73 Å². The summed E-state index contributed by atoms with van der Waals surface area (Å²) in [6, 6.07) is 14.9. The Balaban J connectivity index is 1.79. The molecule has 20 heavy (non-hydrogen) atoms. The molecule has 0 saturated heterocycles. The zero-order chi connectivity index (χ0) is 13.9. The van der Waals surface area contributed by atoms with E-state index in [2.05, 4.69) is 10.3 Å². The van der Waals surface area contributed by atoms with Crippen molar-refractivity contribution in [2.75, 3.05) is 0 Å². The highest BCUT2D eigenvalue weighted by Gasteiger charge is 2.15. The molecular weight excluding hydrogens is 252 g/mol. The molecule has 1 aromatic carbocycles. The van der Waals surface area contributed by atoms with Crippen LogP contribution in [-0.4, -0.2) is 10.9 Å². The maximum atomic E-state index is 12.2. The van der Waals surface area contributed by atoms with Crippen LogP contribution in [0, 0.1) is 0 Å². The number of fused-ring (bicyclic) bond motifs is 1. The van der Waals surface area contributed by atoms with Gasteiger partial charge in [0.25, 0.3) is 5.91 Å². The average Bonchev–Trinajstić information content (AvgIpc) is 2.92. The fourth-order valence-electron chi connectivity index (χ4n) is 2.07. The molecular formula is C16H14N2O2. The molecule has 2 aromatic heterocycles. The summed E-state index contributed by atoms with van der Waals surface area (Å²) in [5.41, 5.74) is 2.35. The van der Waals surface area contributed by atoms with E-state index in [1.807, 2.05) is 37.3 Å².